The van der Waals surface area contributed by atoms with Crippen LogP contribution in [0.5, 0.6) is 5.88 Å². The summed E-state index contributed by atoms with van der Waals surface area (Å²) in [5.74, 6) is 1.71. The molecule has 0 aliphatic carbocycles. The molecule has 1 aliphatic rings. The van der Waals surface area contributed by atoms with Crippen LogP contribution in [0.15, 0.2) is 42.6 Å². The van der Waals surface area contributed by atoms with E-state index in [1.807, 2.05) is 12.3 Å². The van der Waals surface area contributed by atoms with Gasteiger partial charge in [0.05, 0.1) is 7.11 Å². The quantitative estimate of drug-likeness (QED) is 0.938. The number of hydrogen-bond donors (Lipinski definition) is 1. The largest absolute Gasteiger partial charge is 0.481 e. The van der Waals surface area contributed by atoms with Crippen molar-refractivity contribution in [2.75, 3.05) is 20.2 Å². The first-order chi connectivity index (χ1) is 10.3. The SMILES string of the molecule is COc1ccc(C2CCNCC2c2cccc(C)c2)cn1. The van der Waals surface area contributed by atoms with Crippen LogP contribution in [0.1, 0.15) is 34.9 Å². The van der Waals surface area contributed by atoms with Crippen molar-refractivity contribution < 1.29 is 4.74 Å². The molecule has 2 atom stereocenters. The molecule has 1 saturated heterocycles. The number of ether oxygens (including phenoxy) is 1. The molecule has 110 valence electrons. The van der Waals surface area contributed by atoms with Crippen LogP contribution in [0.4, 0.5) is 0 Å². The molecule has 3 rings (SSSR count). The molecule has 3 heteroatoms. The summed E-state index contributed by atoms with van der Waals surface area (Å²) in [6.45, 7) is 4.25. The van der Waals surface area contributed by atoms with Crippen molar-refractivity contribution in [1.29, 1.82) is 0 Å². The lowest BCUT2D eigenvalue weighted by molar-refractivity contribution is 0.390. The van der Waals surface area contributed by atoms with E-state index in [2.05, 4.69) is 47.6 Å². The minimum atomic E-state index is 0.508. The average molecular weight is 282 g/mol. The van der Waals surface area contributed by atoms with Crippen molar-refractivity contribution in [3.63, 3.8) is 0 Å². The standard InChI is InChI=1S/C18H22N2O/c1-13-4-3-5-14(10-13)17-12-19-9-8-16(17)15-6-7-18(21-2)20-11-15/h3-7,10-11,16-17,19H,8-9,12H2,1-2H3. The summed E-state index contributed by atoms with van der Waals surface area (Å²) in [7, 11) is 1.65. The predicted molar refractivity (Wildman–Crippen MR) is 84.9 cm³/mol. The monoisotopic (exact) mass is 282 g/mol. The van der Waals surface area contributed by atoms with Gasteiger partial charge in [-0.1, -0.05) is 35.9 Å². The number of piperidine rings is 1. The lowest BCUT2D eigenvalue weighted by atomic mass is 9.77. The fraction of sp³-hybridized carbons (Fsp3) is 0.389. The van der Waals surface area contributed by atoms with E-state index in [0.29, 0.717) is 17.7 Å². The number of benzene rings is 1. The molecule has 2 heterocycles. The second-order valence-corrected chi connectivity index (χ2v) is 5.75. The summed E-state index contributed by atoms with van der Waals surface area (Å²) < 4.78 is 5.16. The lowest BCUT2D eigenvalue weighted by Crippen LogP contribution is -2.34. The third-order valence-corrected chi connectivity index (χ3v) is 4.35. The Kier molecular flexibility index (Phi) is 4.20. The molecule has 2 aromatic rings. The Bertz CT molecular complexity index is 594. The second-order valence-electron chi connectivity index (χ2n) is 5.75. The van der Waals surface area contributed by atoms with Gasteiger partial charge in [0.15, 0.2) is 0 Å². The molecule has 1 fully saturated rings. The minimum absolute atomic E-state index is 0.508. The van der Waals surface area contributed by atoms with E-state index in [-0.39, 0.29) is 0 Å². The van der Waals surface area contributed by atoms with E-state index in [9.17, 15) is 0 Å². The molecule has 0 radical (unpaired) electrons. The van der Waals surface area contributed by atoms with Gasteiger partial charge in [0, 0.05) is 24.7 Å². The summed E-state index contributed by atoms with van der Waals surface area (Å²) >= 11 is 0. The topological polar surface area (TPSA) is 34.1 Å². The van der Waals surface area contributed by atoms with Gasteiger partial charge < -0.3 is 10.1 Å². The van der Waals surface area contributed by atoms with Gasteiger partial charge in [0.2, 0.25) is 5.88 Å². The molecule has 2 unspecified atom stereocenters. The summed E-state index contributed by atoms with van der Waals surface area (Å²) in [4.78, 5) is 4.38. The molecule has 0 bridgehead atoms. The van der Waals surface area contributed by atoms with Crippen molar-refractivity contribution in [3.8, 4) is 5.88 Å². The minimum Gasteiger partial charge on any atom is -0.481 e. The molecule has 1 N–H and O–H groups in total. The molecule has 0 spiro atoms. The Balaban J connectivity index is 1.90. The summed E-state index contributed by atoms with van der Waals surface area (Å²) in [5.41, 5.74) is 4.05. The van der Waals surface area contributed by atoms with Crippen molar-refractivity contribution in [2.24, 2.45) is 0 Å². The predicted octanol–water partition coefficient (Wildman–Crippen LogP) is 3.26. The highest BCUT2D eigenvalue weighted by atomic mass is 16.5. The molecule has 1 aromatic heterocycles. The van der Waals surface area contributed by atoms with Crippen LogP contribution in [-0.2, 0) is 0 Å². The van der Waals surface area contributed by atoms with E-state index >= 15 is 0 Å². The van der Waals surface area contributed by atoms with Crippen molar-refractivity contribution in [2.45, 2.75) is 25.2 Å². The number of aryl methyl sites for hydroxylation is 1. The Hall–Kier alpha value is -1.87. The normalized spacial score (nSPS) is 22.0. The number of nitrogens with one attached hydrogen (secondary N) is 1. The van der Waals surface area contributed by atoms with Gasteiger partial charge in [-0.05, 0) is 36.9 Å². The molecule has 0 amide bonds. The summed E-state index contributed by atoms with van der Waals surface area (Å²) in [5, 5.41) is 3.53. The maximum absolute atomic E-state index is 5.16. The van der Waals surface area contributed by atoms with Crippen molar-refractivity contribution in [1.82, 2.24) is 10.3 Å². The van der Waals surface area contributed by atoms with Crippen LogP contribution < -0.4 is 10.1 Å². The van der Waals surface area contributed by atoms with Crippen molar-refractivity contribution in [3.05, 3.63) is 59.3 Å². The highest BCUT2D eigenvalue weighted by Crippen LogP contribution is 2.37. The summed E-state index contributed by atoms with van der Waals surface area (Å²) in [6.07, 6.45) is 3.12. The van der Waals surface area contributed by atoms with Gasteiger partial charge >= 0.3 is 0 Å². The number of methoxy groups -OCH3 is 1. The number of hydrogen-bond acceptors (Lipinski definition) is 3. The van der Waals surface area contributed by atoms with Gasteiger partial charge in [-0.25, -0.2) is 4.98 Å². The maximum atomic E-state index is 5.16. The first kappa shape index (κ1) is 14.1. The molecule has 3 nitrogen and oxygen atoms in total. The fourth-order valence-corrected chi connectivity index (χ4v) is 3.24. The number of rotatable bonds is 3. The Morgan fingerprint density at radius 2 is 2.05 bits per heavy atom. The van der Waals surface area contributed by atoms with Crippen LogP contribution in [-0.4, -0.2) is 25.2 Å². The molecular weight excluding hydrogens is 260 g/mol. The highest BCUT2D eigenvalue weighted by Gasteiger charge is 2.28. The van der Waals surface area contributed by atoms with Crippen LogP contribution in [0.2, 0.25) is 0 Å². The zero-order chi connectivity index (χ0) is 14.7. The molecule has 1 aliphatic heterocycles. The van der Waals surface area contributed by atoms with Gasteiger partial charge in [-0.15, -0.1) is 0 Å². The molecule has 1 aromatic carbocycles. The second kappa shape index (κ2) is 6.27. The molecular formula is C18H22N2O. The Labute approximate surface area is 126 Å². The first-order valence-corrected chi connectivity index (χ1v) is 7.55. The number of aromatic nitrogens is 1. The van der Waals surface area contributed by atoms with E-state index in [0.717, 1.165) is 19.5 Å². The Morgan fingerprint density at radius 3 is 2.76 bits per heavy atom. The van der Waals surface area contributed by atoms with Crippen LogP contribution >= 0.6 is 0 Å². The van der Waals surface area contributed by atoms with Gasteiger partial charge in [0.25, 0.3) is 0 Å². The number of nitrogens with zero attached hydrogens (tertiary/aromatic N) is 1. The van der Waals surface area contributed by atoms with Gasteiger partial charge in [-0.2, -0.15) is 0 Å². The van der Waals surface area contributed by atoms with Crippen LogP contribution in [0.3, 0.4) is 0 Å². The average Bonchev–Trinajstić information content (AvgIpc) is 2.55. The van der Waals surface area contributed by atoms with E-state index in [1.165, 1.54) is 16.7 Å². The maximum Gasteiger partial charge on any atom is 0.212 e. The smallest absolute Gasteiger partial charge is 0.212 e. The third-order valence-electron chi connectivity index (χ3n) is 4.35. The first-order valence-electron chi connectivity index (χ1n) is 7.55. The van der Waals surface area contributed by atoms with E-state index in [1.54, 1.807) is 7.11 Å². The van der Waals surface area contributed by atoms with E-state index < -0.39 is 0 Å². The molecule has 0 saturated carbocycles. The van der Waals surface area contributed by atoms with Crippen LogP contribution in [0, 0.1) is 6.92 Å². The van der Waals surface area contributed by atoms with Crippen molar-refractivity contribution >= 4 is 0 Å². The summed E-state index contributed by atoms with van der Waals surface area (Å²) in [6, 6.07) is 13.0. The highest BCUT2D eigenvalue weighted by molar-refractivity contribution is 5.32. The van der Waals surface area contributed by atoms with Crippen LogP contribution in [0.25, 0.3) is 0 Å². The number of pyridine rings is 1. The Morgan fingerprint density at radius 1 is 1.14 bits per heavy atom. The molecule has 21 heavy (non-hydrogen) atoms. The van der Waals surface area contributed by atoms with E-state index in [4.69, 9.17) is 4.74 Å². The van der Waals surface area contributed by atoms with Gasteiger partial charge in [-0.3, -0.25) is 0 Å². The third kappa shape index (κ3) is 3.08. The zero-order valence-electron chi connectivity index (χ0n) is 12.7. The zero-order valence-corrected chi connectivity index (χ0v) is 12.7. The lowest BCUT2D eigenvalue weighted by Gasteiger charge is -2.33. The van der Waals surface area contributed by atoms with Gasteiger partial charge in [0.1, 0.15) is 0 Å². The fourth-order valence-electron chi connectivity index (χ4n) is 3.24.